The molecule has 0 aliphatic rings. The molecule has 0 aliphatic carbocycles. The second-order valence-corrected chi connectivity index (χ2v) is 5.13. The molecule has 0 radical (unpaired) electrons. The van der Waals surface area contributed by atoms with Crippen LogP contribution in [0.15, 0.2) is 0 Å². The zero-order valence-electron chi connectivity index (χ0n) is 10.1. The highest BCUT2D eigenvalue weighted by Crippen LogP contribution is 2.14. The topological polar surface area (TPSA) is 55.1 Å². The molecule has 1 amide bonds. The number of carbonyl (C=O) groups excluding carboxylic acids is 1. The first kappa shape index (κ1) is 14.8. The third-order valence-corrected chi connectivity index (χ3v) is 3.70. The fraction of sp³-hybridized carbons (Fsp3) is 0.909. The molecule has 90 valence electrons. The molecule has 0 bridgehead atoms. The quantitative estimate of drug-likeness (QED) is 0.596. The van der Waals surface area contributed by atoms with E-state index in [1.165, 1.54) is 12.8 Å². The van der Waals surface area contributed by atoms with Crippen molar-refractivity contribution in [2.75, 3.05) is 18.1 Å². The third-order valence-electron chi connectivity index (χ3n) is 2.34. The van der Waals surface area contributed by atoms with E-state index in [1.807, 2.05) is 6.92 Å². The summed E-state index contributed by atoms with van der Waals surface area (Å²) < 4.78 is 0. The summed E-state index contributed by atoms with van der Waals surface area (Å²) >= 11 is 1.80. The lowest BCUT2D eigenvalue weighted by molar-refractivity contribution is -0.122. The molecule has 1 atom stereocenters. The van der Waals surface area contributed by atoms with Crippen molar-refractivity contribution in [1.29, 1.82) is 0 Å². The van der Waals surface area contributed by atoms with E-state index in [9.17, 15) is 4.79 Å². The first-order chi connectivity index (χ1) is 7.06. The van der Waals surface area contributed by atoms with Gasteiger partial charge in [0.2, 0.25) is 5.91 Å². The normalized spacial score (nSPS) is 14.9. The van der Waals surface area contributed by atoms with E-state index >= 15 is 0 Å². The number of hydrogen-bond donors (Lipinski definition) is 2. The van der Waals surface area contributed by atoms with Gasteiger partial charge in [-0.3, -0.25) is 4.79 Å². The summed E-state index contributed by atoms with van der Waals surface area (Å²) in [5, 5.41) is 3.23. The molecule has 0 aliphatic heterocycles. The Bertz CT molecular complexity index is 187. The number of amides is 1. The lowest BCUT2D eigenvalue weighted by Gasteiger charge is -2.27. The maximum atomic E-state index is 11.3. The molecular weight excluding hydrogens is 208 g/mol. The minimum atomic E-state index is -0.547. The molecule has 0 heterocycles. The highest BCUT2D eigenvalue weighted by Gasteiger charge is 2.29. The zero-order chi connectivity index (χ0) is 11.7. The molecule has 3 N–H and O–H groups in total. The van der Waals surface area contributed by atoms with Crippen molar-refractivity contribution in [3.8, 4) is 0 Å². The van der Waals surface area contributed by atoms with E-state index in [-0.39, 0.29) is 5.91 Å². The van der Waals surface area contributed by atoms with E-state index in [4.69, 9.17) is 5.73 Å². The molecule has 0 aromatic heterocycles. The van der Waals surface area contributed by atoms with Crippen molar-refractivity contribution in [2.45, 2.75) is 45.6 Å². The Morgan fingerprint density at radius 1 is 1.40 bits per heavy atom. The van der Waals surface area contributed by atoms with Crippen molar-refractivity contribution < 1.29 is 4.79 Å². The lowest BCUT2D eigenvalue weighted by atomic mass is 10.1. The first-order valence-electron chi connectivity index (χ1n) is 5.69. The fourth-order valence-electron chi connectivity index (χ4n) is 1.13. The largest absolute Gasteiger partial charge is 0.368 e. The summed E-state index contributed by atoms with van der Waals surface area (Å²) in [6, 6.07) is 0. The Kier molecular flexibility index (Phi) is 7.88. The second-order valence-electron chi connectivity index (χ2n) is 4.03. The molecule has 0 spiro atoms. The number of unbranched alkanes of at least 4 members (excludes halogenated alkanes) is 1. The standard InChI is InChI=1S/C11H24N2OS/c1-4-6-8-15-9-11(3,10(12)14)13-7-5-2/h13H,4-9H2,1-3H3,(H2,12,14). The molecule has 0 aromatic rings. The first-order valence-corrected chi connectivity index (χ1v) is 6.85. The van der Waals surface area contributed by atoms with E-state index < -0.39 is 5.54 Å². The Labute approximate surface area is 97.6 Å². The van der Waals surface area contributed by atoms with E-state index in [0.29, 0.717) is 0 Å². The number of thioether (sulfide) groups is 1. The SMILES string of the molecule is CCCCSCC(C)(NCCC)C(N)=O. The maximum absolute atomic E-state index is 11.3. The van der Waals surface area contributed by atoms with Crippen LogP contribution in [0.3, 0.4) is 0 Å². The molecular formula is C11H24N2OS. The van der Waals surface area contributed by atoms with Crippen LogP contribution in [0.4, 0.5) is 0 Å². The minimum absolute atomic E-state index is 0.250. The molecule has 0 fully saturated rings. The Morgan fingerprint density at radius 3 is 2.53 bits per heavy atom. The van der Waals surface area contributed by atoms with Gasteiger partial charge in [0.25, 0.3) is 0 Å². The van der Waals surface area contributed by atoms with Crippen LogP contribution in [0.5, 0.6) is 0 Å². The zero-order valence-corrected chi connectivity index (χ0v) is 11.0. The van der Waals surface area contributed by atoms with Crippen molar-refractivity contribution in [2.24, 2.45) is 5.73 Å². The Morgan fingerprint density at radius 2 is 2.07 bits per heavy atom. The van der Waals surface area contributed by atoms with Gasteiger partial charge in [0.05, 0.1) is 0 Å². The van der Waals surface area contributed by atoms with Crippen molar-refractivity contribution in [1.82, 2.24) is 5.32 Å². The number of nitrogens with one attached hydrogen (secondary N) is 1. The van der Waals surface area contributed by atoms with Crippen LogP contribution in [0.2, 0.25) is 0 Å². The fourth-order valence-corrected chi connectivity index (χ4v) is 2.42. The second kappa shape index (κ2) is 7.99. The smallest absolute Gasteiger partial charge is 0.238 e. The van der Waals surface area contributed by atoms with Crippen LogP contribution in [0.1, 0.15) is 40.0 Å². The average Bonchev–Trinajstić information content (AvgIpc) is 2.21. The van der Waals surface area contributed by atoms with Crippen LogP contribution in [0, 0.1) is 0 Å². The molecule has 0 aromatic carbocycles. The van der Waals surface area contributed by atoms with Gasteiger partial charge in [0, 0.05) is 5.75 Å². The summed E-state index contributed by atoms with van der Waals surface area (Å²) in [5.41, 5.74) is 4.86. The van der Waals surface area contributed by atoms with Gasteiger partial charge in [0.1, 0.15) is 5.54 Å². The van der Waals surface area contributed by atoms with E-state index in [2.05, 4.69) is 19.2 Å². The van der Waals surface area contributed by atoms with Crippen LogP contribution >= 0.6 is 11.8 Å². The molecule has 3 nitrogen and oxygen atoms in total. The molecule has 0 saturated carbocycles. The molecule has 4 heteroatoms. The average molecular weight is 232 g/mol. The van der Waals surface area contributed by atoms with Gasteiger partial charge in [-0.15, -0.1) is 0 Å². The number of carbonyl (C=O) groups is 1. The van der Waals surface area contributed by atoms with Crippen LogP contribution in [-0.2, 0) is 4.79 Å². The van der Waals surface area contributed by atoms with Crippen molar-refractivity contribution >= 4 is 17.7 Å². The number of hydrogen-bond acceptors (Lipinski definition) is 3. The van der Waals surface area contributed by atoms with Gasteiger partial charge < -0.3 is 11.1 Å². The van der Waals surface area contributed by atoms with Gasteiger partial charge in [-0.25, -0.2) is 0 Å². The highest BCUT2D eigenvalue weighted by molar-refractivity contribution is 7.99. The lowest BCUT2D eigenvalue weighted by Crippen LogP contribution is -2.55. The summed E-state index contributed by atoms with van der Waals surface area (Å²) in [6.07, 6.45) is 3.42. The van der Waals surface area contributed by atoms with Gasteiger partial charge in [-0.05, 0) is 32.1 Å². The number of rotatable bonds is 9. The summed E-state index contributed by atoms with van der Waals surface area (Å²) in [6.45, 7) is 6.99. The van der Waals surface area contributed by atoms with E-state index in [1.54, 1.807) is 11.8 Å². The maximum Gasteiger partial charge on any atom is 0.238 e. The predicted molar refractivity (Wildman–Crippen MR) is 68.1 cm³/mol. The molecule has 15 heavy (non-hydrogen) atoms. The molecule has 1 unspecified atom stereocenters. The number of primary amides is 1. The van der Waals surface area contributed by atoms with Crippen molar-refractivity contribution in [3.05, 3.63) is 0 Å². The van der Waals surface area contributed by atoms with Gasteiger partial charge >= 0.3 is 0 Å². The monoisotopic (exact) mass is 232 g/mol. The van der Waals surface area contributed by atoms with Crippen LogP contribution in [-0.4, -0.2) is 29.5 Å². The predicted octanol–water partition coefficient (Wildman–Crippen LogP) is 1.76. The van der Waals surface area contributed by atoms with Gasteiger partial charge in [0.15, 0.2) is 0 Å². The number of nitrogens with two attached hydrogens (primary N) is 1. The molecule has 0 rings (SSSR count). The van der Waals surface area contributed by atoms with Gasteiger partial charge in [-0.2, -0.15) is 11.8 Å². The van der Waals surface area contributed by atoms with Crippen molar-refractivity contribution in [3.63, 3.8) is 0 Å². The summed E-state index contributed by atoms with van der Waals surface area (Å²) in [4.78, 5) is 11.3. The molecule has 0 saturated heterocycles. The van der Waals surface area contributed by atoms with Crippen LogP contribution in [0.25, 0.3) is 0 Å². The van der Waals surface area contributed by atoms with Crippen LogP contribution < -0.4 is 11.1 Å². The van der Waals surface area contributed by atoms with Gasteiger partial charge in [-0.1, -0.05) is 20.3 Å². The highest BCUT2D eigenvalue weighted by atomic mass is 32.2. The minimum Gasteiger partial charge on any atom is -0.368 e. The summed E-state index contributed by atoms with van der Waals surface area (Å²) in [7, 11) is 0. The van der Waals surface area contributed by atoms with E-state index in [0.717, 1.165) is 24.5 Å². The Hall–Kier alpha value is -0.220. The Balaban J connectivity index is 3.96. The summed E-state index contributed by atoms with van der Waals surface area (Å²) in [5.74, 6) is 1.62. The third kappa shape index (κ3) is 6.05.